The van der Waals surface area contributed by atoms with Crippen LogP contribution < -0.4 is 4.90 Å². The second kappa shape index (κ2) is 10.5. The summed E-state index contributed by atoms with van der Waals surface area (Å²) in [4.78, 5) is 18.1. The fourth-order valence-electron chi connectivity index (χ4n) is 6.36. The van der Waals surface area contributed by atoms with Crippen molar-refractivity contribution in [1.29, 1.82) is 0 Å². The third-order valence-electron chi connectivity index (χ3n) is 8.82. The van der Waals surface area contributed by atoms with Crippen LogP contribution in [0.25, 0.3) is 21.5 Å². The Morgan fingerprint density at radius 3 is 2.63 bits per heavy atom. The lowest BCUT2D eigenvalue weighted by atomic mass is 9.72. The van der Waals surface area contributed by atoms with E-state index in [1.165, 1.54) is 17.4 Å². The minimum atomic E-state index is -1.14. The molecule has 1 spiro atoms. The summed E-state index contributed by atoms with van der Waals surface area (Å²) in [7, 11) is 0. The molecule has 2 aromatic carbocycles. The Kier molecular flexibility index (Phi) is 6.97. The molecule has 3 heterocycles. The summed E-state index contributed by atoms with van der Waals surface area (Å²) in [6, 6.07) is 7.98. The van der Waals surface area contributed by atoms with E-state index in [0.29, 0.717) is 38.5 Å². The largest absolute Gasteiger partial charge is 0.478 e. The number of carboxylic acids is 1. The van der Waals surface area contributed by atoms with Crippen LogP contribution in [0.2, 0.25) is 10.0 Å². The minimum absolute atomic E-state index is 0.0565. The summed E-state index contributed by atoms with van der Waals surface area (Å²) < 4.78 is 27.4. The van der Waals surface area contributed by atoms with Gasteiger partial charge in [0.05, 0.1) is 33.0 Å². The number of benzene rings is 2. The third-order valence-corrected chi connectivity index (χ3v) is 10.5. The van der Waals surface area contributed by atoms with Crippen molar-refractivity contribution in [3.8, 4) is 11.3 Å². The number of rotatable bonds is 7. The Morgan fingerprint density at radius 1 is 1.17 bits per heavy atom. The number of ether oxygens (including phenoxy) is 1. The van der Waals surface area contributed by atoms with Crippen molar-refractivity contribution in [2.75, 3.05) is 18.0 Å². The molecule has 41 heavy (non-hydrogen) atoms. The number of thiazole rings is 1. The normalized spacial score (nSPS) is 22.7. The van der Waals surface area contributed by atoms with Crippen LogP contribution in [0.15, 0.2) is 34.9 Å². The zero-order valence-corrected chi connectivity index (χ0v) is 24.5. The van der Waals surface area contributed by atoms with Gasteiger partial charge in [-0.05, 0) is 74.6 Å². The quantitative estimate of drug-likeness (QED) is 0.223. The Balaban J connectivity index is 1.02. The molecular formula is C30H28Cl2FN3O4S. The van der Waals surface area contributed by atoms with Gasteiger partial charge in [0.15, 0.2) is 10.9 Å². The number of halogens is 3. The van der Waals surface area contributed by atoms with Crippen LogP contribution in [0.3, 0.4) is 0 Å². The molecule has 7 nitrogen and oxygen atoms in total. The zero-order valence-electron chi connectivity index (χ0n) is 22.2. The molecule has 0 radical (unpaired) electrons. The number of carboxylic acid groups (broad SMARTS) is 1. The Labute approximate surface area is 250 Å². The number of anilines is 1. The van der Waals surface area contributed by atoms with Crippen LogP contribution in [0.4, 0.5) is 9.52 Å². The number of aromatic nitrogens is 2. The van der Waals surface area contributed by atoms with Gasteiger partial charge in [-0.3, -0.25) is 0 Å². The van der Waals surface area contributed by atoms with Gasteiger partial charge in [-0.2, -0.15) is 0 Å². The highest BCUT2D eigenvalue weighted by Crippen LogP contribution is 2.48. The minimum Gasteiger partial charge on any atom is -0.478 e. The first-order chi connectivity index (χ1) is 19.8. The molecule has 0 bridgehead atoms. The van der Waals surface area contributed by atoms with Gasteiger partial charge in [0, 0.05) is 30.1 Å². The van der Waals surface area contributed by atoms with Gasteiger partial charge in [-0.15, -0.1) is 0 Å². The van der Waals surface area contributed by atoms with E-state index in [4.69, 9.17) is 32.5 Å². The Bertz CT molecular complexity index is 1620. The van der Waals surface area contributed by atoms with E-state index in [2.05, 4.69) is 15.0 Å². The first-order valence-corrected chi connectivity index (χ1v) is 15.5. The highest BCUT2D eigenvalue weighted by Gasteiger charge is 2.42. The molecule has 11 heteroatoms. The van der Waals surface area contributed by atoms with E-state index in [1.807, 2.05) is 18.2 Å². The zero-order chi connectivity index (χ0) is 28.3. The second-order valence-electron chi connectivity index (χ2n) is 11.5. The molecule has 3 fully saturated rings. The third kappa shape index (κ3) is 5.11. The lowest BCUT2D eigenvalue weighted by molar-refractivity contribution is -0.00883. The van der Waals surface area contributed by atoms with E-state index in [-0.39, 0.29) is 22.6 Å². The molecule has 2 aromatic heterocycles. The first-order valence-electron chi connectivity index (χ1n) is 13.9. The molecule has 2 aliphatic carbocycles. The number of carbonyl (C=O) groups is 1. The first kappa shape index (κ1) is 27.1. The molecule has 0 atom stereocenters. The summed E-state index contributed by atoms with van der Waals surface area (Å²) in [6.07, 6.45) is 7.35. The summed E-state index contributed by atoms with van der Waals surface area (Å²) in [5.41, 5.74) is 2.67. The molecule has 1 N–H and O–H groups in total. The standard InChI is InChI=1S/C30H28Cl2FN3O4S/c31-20-2-1-3-21(32)24(20)25-19(27(40-35-25)16-4-5-16)14-39-18-6-8-30(9-7-18)10-11-36(15-30)29-34-26-22(33)12-17(28(37)38)13-23(26)41-29/h1-3,12-13,16,18H,4-11,14-15H2,(H,37,38). The fraction of sp³-hybridized carbons (Fsp3) is 0.433. The van der Waals surface area contributed by atoms with Gasteiger partial charge in [0.25, 0.3) is 0 Å². The van der Waals surface area contributed by atoms with Crippen LogP contribution in [0.1, 0.15) is 72.5 Å². The van der Waals surface area contributed by atoms with E-state index < -0.39 is 11.8 Å². The average Bonchev–Trinajstić information content (AvgIpc) is 3.36. The van der Waals surface area contributed by atoms with Crippen LogP contribution in [-0.2, 0) is 11.3 Å². The molecule has 0 amide bonds. The van der Waals surface area contributed by atoms with Gasteiger partial charge < -0.3 is 19.3 Å². The van der Waals surface area contributed by atoms with Crippen molar-refractivity contribution in [1.82, 2.24) is 10.1 Å². The van der Waals surface area contributed by atoms with Crippen LogP contribution in [0.5, 0.6) is 0 Å². The predicted octanol–water partition coefficient (Wildman–Crippen LogP) is 8.33. The van der Waals surface area contributed by atoms with Crippen molar-refractivity contribution in [2.45, 2.75) is 63.6 Å². The fourth-order valence-corrected chi connectivity index (χ4v) is 7.98. The molecule has 214 valence electrons. The van der Waals surface area contributed by atoms with Crippen LogP contribution in [-0.4, -0.2) is 40.4 Å². The lowest BCUT2D eigenvalue weighted by Gasteiger charge is -2.37. The molecule has 1 aliphatic heterocycles. The van der Waals surface area contributed by atoms with Gasteiger partial charge in [0.1, 0.15) is 17.0 Å². The van der Waals surface area contributed by atoms with Gasteiger partial charge in [0.2, 0.25) is 0 Å². The van der Waals surface area contributed by atoms with E-state index in [0.717, 1.165) is 80.6 Å². The van der Waals surface area contributed by atoms with Crippen LogP contribution in [0, 0.1) is 11.2 Å². The van der Waals surface area contributed by atoms with Crippen molar-refractivity contribution in [3.63, 3.8) is 0 Å². The summed E-state index contributed by atoms with van der Waals surface area (Å²) in [5.74, 6) is -0.470. The monoisotopic (exact) mass is 615 g/mol. The number of fused-ring (bicyclic) bond motifs is 1. The molecule has 1 saturated heterocycles. The van der Waals surface area contributed by atoms with Gasteiger partial charge in [-0.25, -0.2) is 14.2 Å². The predicted molar refractivity (Wildman–Crippen MR) is 157 cm³/mol. The van der Waals surface area contributed by atoms with Crippen LogP contribution >= 0.6 is 34.5 Å². The number of hydrogen-bond donors (Lipinski definition) is 1. The number of aromatic carboxylic acids is 1. The lowest BCUT2D eigenvalue weighted by Crippen LogP contribution is -2.33. The molecule has 3 aliphatic rings. The van der Waals surface area contributed by atoms with E-state index >= 15 is 0 Å². The van der Waals surface area contributed by atoms with Gasteiger partial charge >= 0.3 is 5.97 Å². The summed E-state index contributed by atoms with van der Waals surface area (Å²) >= 11 is 14.4. The SMILES string of the molecule is O=C(O)c1cc(F)c2nc(N3CCC4(CCC(OCc5c(-c6c(Cl)cccc6Cl)noc5C5CC5)CC4)C3)sc2c1. The maximum Gasteiger partial charge on any atom is 0.335 e. The average molecular weight is 617 g/mol. The topological polar surface area (TPSA) is 88.7 Å². The van der Waals surface area contributed by atoms with Gasteiger partial charge in [-0.1, -0.05) is 45.8 Å². The molecule has 2 saturated carbocycles. The Hall–Kier alpha value is -2.72. The summed E-state index contributed by atoms with van der Waals surface area (Å²) in [5, 5.41) is 15.5. The molecular weight excluding hydrogens is 588 g/mol. The van der Waals surface area contributed by atoms with Crippen molar-refractivity contribution in [2.24, 2.45) is 5.41 Å². The number of nitrogens with zero attached hydrogens (tertiary/aromatic N) is 3. The van der Waals surface area contributed by atoms with Crippen molar-refractivity contribution in [3.05, 3.63) is 63.1 Å². The number of hydrogen-bond acceptors (Lipinski definition) is 7. The highest BCUT2D eigenvalue weighted by molar-refractivity contribution is 7.22. The smallest absolute Gasteiger partial charge is 0.335 e. The molecule has 4 aromatic rings. The maximum absolute atomic E-state index is 14.5. The second-order valence-corrected chi connectivity index (χ2v) is 13.4. The maximum atomic E-state index is 14.5. The highest BCUT2D eigenvalue weighted by atomic mass is 35.5. The van der Waals surface area contributed by atoms with Crippen molar-refractivity contribution < 1.29 is 23.6 Å². The summed E-state index contributed by atoms with van der Waals surface area (Å²) in [6.45, 7) is 2.12. The van der Waals surface area contributed by atoms with Crippen molar-refractivity contribution >= 4 is 55.9 Å². The molecule has 7 rings (SSSR count). The van der Waals surface area contributed by atoms with E-state index in [1.54, 1.807) is 0 Å². The Morgan fingerprint density at radius 2 is 1.93 bits per heavy atom. The molecule has 0 unspecified atom stereocenters. The van der Waals surface area contributed by atoms with E-state index in [9.17, 15) is 14.3 Å².